The largest absolute Gasteiger partial charge is 0.493 e. The normalized spacial score (nSPS) is 21.0. The van der Waals surface area contributed by atoms with Crippen LogP contribution in [0.15, 0.2) is 36.4 Å². The number of rotatable bonds is 7. The summed E-state index contributed by atoms with van der Waals surface area (Å²) in [5.41, 5.74) is 3.46. The maximum Gasteiger partial charge on any atom is 0.411 e. The summed E-state index contributed by atoms with van der Waals surface area (Å²) in [5, 5.41) is 8.36. The third-order valence-corrected chi connectivity index (χ3v) is 6.91. The average molecular weight is 507 g/mol. The van der Waals surface area contributed by atoms with Crippen LogP contribution in [0.2, 0.25) is 0 Å². The molecule has 3 aliphatic rings. The first-order valence-electron chi connectivity index (χ1n) is 12.5. The van der Waals surface area contributed by atoms with Crippen molar-refractivity contribution in [2.45, 2.75) is 45.4 Å². The Morgan fingerprint density at radius 2 is 2.00 bits per heavy atom. The van der Waals surface area contributed by atoms with Gasteiger partial charge in [-0.05, 0) is 61.2 Å². The molecule has 194 valence electrons. The molecule has 5 rings (SSSR count). The fourth-order valence-corrected chi connectivity index (χ4v) is 4.97. The van der Waals surface area contributed by atoms with Crippen LogP contribution in [0, 0.1) is 12.8 Å². The molecule has 0 aliphatic carbocycles. The second kappa shape index (κ2) is 10.6. The van der Waals surface area contributed by atoms with Gasteiger partial charge in [0.15, 0.2) is 0 Å². The Kier molecular flexibility index (Phi) is 7.09. The van der Waals surface area contributed by atoms with Crippen molar-refractivity contribution >= 4 is 29.5 Å². The van der Waals surface area contributed by atoms with Crippen molar-refractivity contribution < 1.29 is 28.7 Å². The van der Waals surface area contributed by atoms with Crippen molar-refractivity contribution in [1.82, 2.24) is 15.5 Å². The van der Waals surface area contributed by atoms with Gasteiger partial charge in [0.2, 0.25) is 11.8 Å². The smallest absolute Gasteiger partial charge is 0.411 e. The van der Waals surface area contributed by atoms with Crippen molar-refractivity contribution in [1.29, 1.82) is 0 Å². The fraction of sp³-hybridized carbons (Fsp3) is 0.407. The summed E-state index contributed by atoms with van der Waals surface area (Å²) in [6.07, 6.45) is 0.988. The molecule has 0 bridgehead atoms. The van der Waals surface area contributed by atoms with Gasteiger partial charge in [0.25, 0.3) is 5.91 Å². The van der Waals surface area contributed by atoms with Gasteiger partial charge in [-0.15, -0.1) is 0 Å². The Morgan fingerprint density at radius 3 is 2.78 bits per heavy atom. The van der Waals surface area contributed by atoms with Crippen LogP contribution in [0.3, 0.4) is 0 Å². The van der Waals surface area contributed by atoms with E-state index in [1.165, 1.54) is 4.90 Å². The molecule has 0 radical (unpaired) electrons. The van der Waals surface area contributed by atoms with Gasteiger partial charge in [0.1, 0.15) is 18.4 Å². The molecular formula is C27H30N4O6. The zero-order valence-electron chi connectivity index (χ0n) is 20.7. The molecule has 0 saturated carbocycles. The maximum absolute atomic E-state index is 13.0. The zero-order valence-corrected chi connectivity index (χ0v) is 20.7. The van der Waals surface area contributed by atoms with Gasteiger partial charge in [0, 0.05) is 42.7 Å². The molecule has 2 aromatic rings. The number of piperidine rings is 1. The Balaban J connectivity index is 1.16. The number of hydrogen-bond acceptors (Lipinski definition) is 7. The number of fused-ring (bicyclic) bond motifs is 1. The number of nitrogens with one attached hydrogen (secondary N) is 3. The second-order valence-electron chi connectivity index (χ2n) is 9.80. The number of imide groups is 1. The first kappa shape index (κ1) is 24.8. The molecular weight excluding hydrogens is 476 g/mol. The second-order valence-corrected chi connectivity index (χ2v) is 9.80. The van der Waals surface area contributed by atoms with Crippen LogP contribution < -0.4 is 20.7 Å². The third-order valence-electron chi connectivity index (χ3n) is 6.91. The van der Waals surface area contributed by atoms with Crippen LogP contribution in [0.4, 0.5) is 10.5 Å². The quantitative estimate of drug-likeness (QED) is 0.493. The summed E-state index contributed by atoms with van der Waals surface area (Å²) in [6, 6.07) is 10.2. The Labute approximate surface area is 214 Å². The Hall–Kier alpha value is -3.92. The van der Waals surface area contributed by atoms with Crippen molar-refractivity contribution in [3.63, 3.8) is 0 Å². The monoisotopic (exact) mass is 506 g/mol. The molecule has 2 atom stereocenters. The van der Waals surface area contributed by atoms with E-state index in [9.17, 15) is 19.2 Å². The number of ether oxygens (including phenoxy) is 2. The van der Waals surface area contributed by atoms with Crippen LogP contribution >= 0.6 is 0 Å². The molecule has 0 aromatic heterocycles. The van der Waals surface area contributed by atoms with Crippen molar-refractivity contribution in [2.75, 3.05) is 25.0 Å². The molecule has 2 unspecified atom stereocenters. The summed E-state index contributed by atoms with van der Waals surface area (Å²) in [6.45, 7) is 4.80. The predicted molar refractivity (Wildman–Crippen MR) is 134 cm³/mol. The first-order valence-corrected chi connectivity index (χ1v) is 12.5. The lowest BCUT2D eigenvalue weighted by atomic mass is 10.0. The van der Waals surface area contributed by atoms with Gasteiger partial charge >= 0.3 is 6.09 Å². The molecule has 4 amide bonds. The molecule has 10 heteroatoms. The molecule has 3 aliphatic heterocycles. The maximum atomic E-state index is 13.0. The van der Waals surface area contributed by atoms with E-state index in [1.807, 2.05) is 19.1 Å². The fourth-order valence-electron chi connectivity index (χ4n) is 4.97. The minimum atomic E-state index is -0.666. The molecule has 2 fully saturated rings. The Morgan fingerprint density at radius 1 is 1.14 bits per heavy atom. The van der Waals surface area contributed by atoms with Gasteiger partial charge in [0.05, 0.1) is 6.61 Å². The molecule has 0 spiro atoms. The highest BCUT2D eigenvalue weighted by Gasteiger charge is 2.39. The number of hydrogen-bond donors (Lipinski definition) is 3. The van der Waals surface area contributed by atoms with Crippen LogP contribution in [0.1, 0.15) is 46.3 Å². The molecule has 3 heterocycles. The van der Waals surface area contributed by atoms with E-state index in [0.29, 0.717) is 48.1 Å². The van der Waals surface area contributed by atoms with E-state index in [-0.39, 0.29) is 24.8 Å². The van der Waals surface area contributed by atoms with Gasteiger partial charge in [-0.25, -0.2) is 4.79 Å². The van der Waals surface area contributed by atoms with Gasteiger partial charge < -0.3 is 19.7 Å². The van der Waals surface area contributed by atoms with E-state index < -0.39 is 18.0 Å². The molecule has 37 heavy (non-hydrogen) atoms. The van der Waals surface area contributed by atoms with Gasteiger partial charge in [-0.1, -0.05) is 12.1 Å². The summed E-state index contributed by atoms with van der Waals surface area (Å²) in [4.78, 5) is 50.6. The lowest BCUT2D eigenvalue weighted by molar-refractivity contribution is -0.136. The number of nitrogens with zero attached hydrogens (tertiary/aromatic N) is 1. The van der Waals surface area contributed by atoms with Crippen molar-refractivity contribution in [3.05, 3.63) is 58.7 Å². The number of carbonyl (C=O) groups is 4. The topological polar surface area (TPSA) is 126 Å². The SMILES string of the molecule is Cc1cc(NC(=O)OCc2ccc3c(c2)C(=O)N(C2CCC(=O)NC2=O)C3)cc(OCC2CCNC2)c1. The van der Waals surface area contributed by atoms with Crippen molar-refractivity contribution in [3.8, 4) is 5.75 Å². The molecule has 2 aromatic carbocycles. The third kappa shape index (κ3) is 5.75. The number of benzene rings is 2. The van der Waals surface area contributed by atoms with Crippen LogP contribution in [-0.2, 0) is 27.5 Å². The molecule has 3 N–H and O–H groups in total. The molecule has 2 saturated heterocycles. The minimum Gasteiger partial charge on any atom is -0.493 e. The summed E-state index contributed by atoms with van der Waals surface area (Å²) in [7, 11) is 0. The van der Waals surface area contributed by atoms with E-state index >= 15 is 0 Å². The molecule has 10 nitrogen and oxygen atoms in total. The predicted octanol–water partition coefficient (Wildman–Crippen LogP) is 2.49. The Bertz CT molecular complexity index is 1240. The van der Waals surface area contributed by atoms with Crippen LogP contribution in [0.25, 0.3) is 0 Å². The van der Waals surface area contributed by atoms with E-state index in [4.69, 9.17) is 9.47 Å². The number of anilines is 1. The van der Waals surface area contributed by atoms with Crippen molar-refractivity contribution in [2.24, 2.45) is 5.92 Å². The van der Waals surface area contributed by atoms with E-state index in [2.05, 4.69) is 16.0 Å². The van der Waals surface area contributed by atoms with E-state index in [0.717, 1.165) is 30.6 Å². The highest BCUT2D eigenvalue weighted by molar-refractivity contribution is 6.05. The average Bonchev–Trinajstić information content (AvgIpc) is 3.49. The van der Waals surface area contributed by atoms with Crippen LogP contribution in [-0.4, -0.2) is 54.5 Å². The van der Waals surface area contributed by atoms with Gasteiger partial charge in [-0.3, -0.25) is 25.0 Å². The van der Waals surface area contributed by atoms with Crippen LogP contribution in [0.5, 0.6) is 5.75 Å². The zero-order chi connectivity index (χ0) is 25.9. The van der Waals surface area contributed by atoms with E-state index in [1.54, 1.807) is 24.3 Å². The number of aryl methyl sites for hydroxylation is 1. The number of carbonyl (C=O) groups excluding carboxylic acids is 4. The number of amides is 4. The summed E-state index contributed by atoms with van der Waals surface area (Å²) < 4.78 is 11.3. The first-order chi connectivity index (χ1) is 17.9. The van der Waals surface area contributed by atoms with Gasteiger partial charge in [-0.2, -0.15) is 0 Å². The lowest BCUT2D eigenvalue weighted by Crippen LogP contribution is -2.52. The minimum absolute atomic E-state index is 0.0192. The summed E-state index contributed by atoms with van der Waals surface area (Å²) in [5.74, 6) is 0.144. The summed E-state index contributed by atoms with van der Waals surface area (Å²) >= 11 is 0. The highest BCUT2D eigenvalue weighted by atomic mass is 16.5. The highest BCUT2D eigenvalue weighted by Crippen LogP contribution is 2.28. The standard InChI is InChI=1S/C27H30N4O6/c1-16-8-20(11-21(9-16)36-15-18-6-7-28-12-18)29-27(35)37-14-17-2-3-19-13-31(26(34)22(19)10-17)23-4-5-24(32)30-25(23)33/h2-3,8-11,18,23,28H,4-7,12-15H2,1H3,(H,29,35)(H,30,32,33). The lowest BCUT2D eigenvalue weighted by Gasteiger charge is -2.29.